The Morgan fingerprint density at radius 3 is 2.62 bits per heavy atom. The number of nitrogens with one attached hydrogen (secondary N) is 1. The molecule has 2 atom stereocenters. The average Bonchev–Trinajstić information content (AvgIpc) is 3.14. The smallest absolute Gasteiger partial charge is 0.0193 e. The fourth-order valence-corrected chi connectivity index (χ4v) is 3.44. The third-order valence-corrected chi connectivity index (χ3v) is 5.13. The molecule has 0 radical (unpaired) electrons. The van der Waals surface area contributed by atoms with Crippen molar-refractivity contribution in [1.82, 2.24) is 10.2 Å². The van der Waals surface area contributed by atoms with Crippen molar-refractivity contribution in [3.8, 4) is 0 Å². The molecule has 2 saturated carbocycles. The second-order valence-electron chi connectivity index (χ2n) is 6.43. The van der Waals surface area contributed by atoms with Gasteiger partial charge in [0.2, 0.25) is 0 Å². The lowest BCUT2D eigenvalue weighted by molar-refractivity contribution is 0.105. The monoisotopic (exact) mass is 222 g/mol. The second kappa shape index (κ2) is 3.99. The normalized spacial score (nSPS) is 38.6. The van der Waals surface area contributed by atoms with E-state index in [0.717, 1.165) is 23.4 Å². The summed E-state index contributed by atoms with van der Waals surface area (Å²) in [5.41, 5.74) is 0.782. The fraction of sp³-hybridized carbons (Fsp3) is 1.00. The van der Waals surface area contributed by atoms with E-state index < -0.39 is 0 Å². The van der Waals surface area contributed by atoms with Crippen molar-refractivity contribution < 1.29 is 0 Å². The summed E-state index contributed by atoms with van der Waals surface area (Å²) in [6.45, 7) is 8.57. The number of rotatable bonds is 4. The molecule has 1 heterocycles. The van der Waals surface area contributed by atoms with Gasteiger partial charge in [0.15, 0.2) is 0 Å². The highest BCUT2D eigenvalue weighted by molar-refractivity contribution is 5.06. The molecular weight excluding hydrogens is 196 g/mol. The first-order valence-electron chi connectivity index (χ1n) is 7.21. The van der Waals surface area contributed by atoms with Crippen LogP contribution in [0.5, 0.6) is 0 Å². The van der Waals surface area contributed by atoms with Crippen LogP contribution in [-0.2, 0) is 0 Å². The summed E-state index contributed by atoms with van der Waals surface area (Å²) >= 11 is 0. The second-order valence-corrected chi connectivity index (χ2v) is 6.43. The lowest BCUT2D eigenvalue weighted by Crippen LogP contribution is -2.56. The first kappa shape index (κ1) is 11.0. The summed E-state index contributed by atoms with van der Waals surface area (Å²) in [5, 5.41) is 3.66. The van der Waals surface area contributed by atoms with E-state index in [1.54, 1.807) is 0 Å². The van der Waals surface area contributed by atoms with Gasteiger partial charge < -0.3 is 5.32 Å². The molecule has 0 aromatic heterocycles. The van der Waals surface area contributed by atoms with Gasteiger partial charge in [0.05, 0.1) is 0 Å². The summed E-state index contributed by atoms with van der Waals surface area (Å²) < 4.78 is 0. The molecule has 0 spiro atoms. The first-order chi connectivity index (χ1) is 7.73. The number of piperazine rings is 1. The molecule has 3 rings (SSSR count). The molecule has 1 aliphatic heterocycles. The first-order valence-corrected chi connectivity index (χ1v) is 7.21. The van der Waals surface area contributed by atoms with Crippen molar-refractivity contribution in [3.05, 3.63) is 0 Å². The molecule has 2 heteroatoms. The van der Waals surface area contributed by atoms with Gasteiger partial charge in [-0.1, -0.05) is 6.92 Å². The molecule has 2 nitrogen and oxygen atoms in total. The highest BCUT2D eigenvalue weighted by Gasteiger charge is 2.54. The maximum atomic E-state index is 3.66. The molecule has 2 aliphatic carbocycles. The van der Waals surface area contributed by atoms with Crippen molar-refractivity contribution >= 4 is 0 Å². The van der Waals surface area contributed by atoms with Crippen molar-refractivity contribution in [2.75, 3.05) is 19.6 Å². The predicted molar refractivity (Wildman–Crippen MR) is 67.5 cm³/mol. The van der Waals surface area contributed by atoms with Crippen molar-refractivity contribution in [2.24, 2.45) is 11.3 Å². The summed E-state index contributed by atoms with van der Waals surface area (Å²) in [7, 11) is 0. The minimum Gasteiger partial charge on any atom is -0.311 e. The predicted octanol–water partition coefficient (Wildman–Crippen LogP) is 2.25. The molecular formula is C14H26N2. The van der Waals surface area contributed by atoms with Crippen LogP contribution in [0.2, 0.25) is 0 Å². The zero-order chi connectivity index (χ0) is 11.2. The molecule has 3 aliphatic rings. The Morgan fingerprint density at radius 1 is 1.31 bits per heavy atom. The van der Waals surface area contributed by atoms with Gasteiger partial charge in [0, 0.05) is 31.7 Å². The Morgan fingerprint density at radius 2 is 2.06 bits per heavy atom. The Balaban J connectivity index is 1.59. The molecule has 0 amide bonds. The van der Waals surface area contributed by atoms with Crippen molar-refractivity contribution in [1.29, 1.82) is 0 Å². The van der Waals surface area contributed by atoms with E-state index in [2.05, 4.69) is 24.1 Å². The zero-order valence-electron chi connectivity index (χ0n) is 10.8. The minimum atomic E-state index is 0.742. The molecule has 1 N–H and O–H groups in total. The highest BCUT2D eigenvalue weighted by Crippen LogP contribution is 2.61. The Kier molecular flexibility index (Phi) is 2.75. The molecule has 1 saturated heterocycles. The SMILES string of the molecule is CCC1CN(CC2(C3CC3)CC2)C(C)CN1. The van der Waals surface area contributed by atoms with E-state index in [4.69, 9.17) is 0 Å². The molecule has 0 aromatic rings. The van der Waals surface area contributed by atoms with Crippen LogP contribution < -0.4 is 5.32 Å². The van der Waals surface area contributed by atoms with Gasteiger partial charge in [-0.05, 0) is 50.4 Å². The van der Waals surface area contributed by atoms with Crippen LogP contribution >= 0.6 is 0 Å². The number of hydrogen-bond donors (Lipinski definition) is 1. The Hall–Kier alpha value is -0.0800. The van der Waals surface area contributed by atoms with E-state index in [9.17, 15) is 0 Å². The third-order valence-electron chi connectivity index (χ3n) is 5.13. The molecule has 16 heavy (non-hydrogen) atoms. The van der Waals surface area contributed by atoms with Crippen LogP contribution in [-0.4, -0.2) is 36.6 Å². The topological polar surface area (TPSA) is 15.3 Å². The molecule has 92 valence electrons. The largest absolute Gasteiger partial charge is 0.311 e. The van der Waals surface area contributed by atoms with Crippen LogP contribution in [0.4, 0.5) is 0 Å². The minimum absolute atomic E-state index is 0.742. The van der Waals surface area contributed by atoms with Crippen LogP contribution in [0.25, 0.3) is 0 Å². The summed E-state index contributed by atoms with van der Waals surface area (Å²) in [5.74, 6) is 1.11. The fourth-order valence-electron chi connectivity index (χ4n) is 3.44. The van der Waals surface area contributed by atoms with E-state index in [-0.39, 0.29) is 0 Å². The zero-order valence-corrected chi connectivity index (χ0v) is 10.8. The van der Waals surface area contributed by atoms with Gasteiger partial charge in [-0.2, -0.15) is 0 Å². The lowest BCUT2D eigenvalue weighted by Gasteiger charge is -2.40. The highest BCUT2D eigenvalue weighted by atomic mass is 15.2. The van der Waals surface area contributed by atoms with Crippen molar-refractivity contribution in [2.45, 2.75) is 58.0 Å². The number of nitrogens with zero attached hydrogens (tertiary/aromatic N) is 1. The Bertz CT molecular complexity index is 255. The maximum absolute atomic E-state index is 3.66. The van der Waals surface area contributed by atoms with Crippen molar-refractivity contribution in [3.63, 3.8) is 0 Å². The van der Waals surface area contributed by atoms with Crippen LogP contribution in [0, 0.1) is 11.3 Å². The third kappa shape index (κ3) is 2.02. The van der Waals surface area contributed by atoms with Gasteiger partial charge in [-0.3, -0.25) is 4.90 Å². The standard InChI is InChI=1S/C14H26N2/c1-3-13-9-16(11(2)8-15-13)10-14(6-7-14)12-4-5-12/h11-13,15H,3-10H2,1-2H3. The van der Waals surface area contributed by atoms with Crippen LogP contribution in [0.3, 0.4) is 0 Å². The molecule has 3 fully saturated rings. The van der Waals surface area contributed by atoms with Gasteiger partial charge >= 0.3 is 0 Å². The van der Waals surface area contributed by atoms with E-state index in [1.165, 1.54) is 51.7 Å². The summed E-state index contributed by atoms with van der Waals surface area (Å²) in [4.78, 5) is 2.77. The van der Waals surface area contributed by atoms with Gasteiger partial charge in [-0.25, -0.2) is 0 Å². The van der Waals surface area contributed by atoms with E-state index in [0.29, 0.717) is 0 Å². The summed E-state index contributed by atoms with van der Waals surface area (Å²) in [6, 6.07) is 1.49. The molecule has 2 unspecified atom stereocenters. The quantitative estimate of drug-likeness (QED) is 0.785. The van der Waals surface area contributed by atoms with E-state index >= 15 is 0 Å². The lowest BCUT2D eigenvalue weighted by atomic mass is 9.97. The van der Waals surface area contributed by atoms with Crippen LogP contribution in [0.1, 0.15) is 46.0 Å². The van der Waals surface area contributed by atoms with Gasteiger partial charge in [0.1, 0.15) is 0 Å². The van der Waals surface area contributed by atoms with E-state index in [1.807, 2.05) is 0 Å². The summed E-state index contributed by atoms with van der Waals surface area (Å²) in [6.07, 6.45) is 7.37. The van der Waals surface area contributed by atoms with Gasteiger partial charge in [-0.15, -0.1) is 0 Å². The van der Waals surface area contributed by atoms with Gasteiger partial charge in [0.25, 0.3) is 0 Å². The Labute approximate surface area is 99.8 Å². The van der Waals surface area contributed by atoms with Crippen LogP contribution in [0.15, 0.2) is 0 Å². The average molecular weight is 222 g/mol. The molecule has 0 aromatic carbocycles. The molecule has 0 bridgehead atoms. The number of hydrogen-bond acceptors (Lipinski definition) is 2. The maximum Gasteiger partial charge on any atom is 0.0193 e.